The van der Waals surface area contributed by atoms with Crippen LogP contribution in [0.4, 0.5) is 10.8 Å². The summed E-state index contributed by atoms with van der Waals surface area (Å²) in [7, 11) is 0. The summed E-state index contributed by atoms with van der Waals surface area (Å²) in [5.74, 6) is 0.588. The lowest BCUT2D eigenvalue weighted by atomic mass is 10.1. The summed E-state index contributed by atoms with van der Waals surface area (Å²) < 4.78 is 10.1. The molecule has 4 nitrogen and oxygen atoms in total. The molecule has 0 aliphatic heterocycles. The van der Waals surface area contributed by atoms with Gasteiger partial charge in [0.25, 0.3) is 0 Å². The first-order chi connectivity index (χ1) is 10.3. The number of aromatic nitrogens is 1. The number of hydrogen-bond acceptors (Lipinski definition) is 5. The summed E-state index contributed by atoms with van der Waals surface area (Å²) in [6, 6.07) is 10.1. The normalized spacial score (nSPS) is 15.4. The fourth-order valence-corrected chi connectivity index (χ4v) is 3.51. The van der Waals surface area contributed by atoms with Gasteiger partial charge in [-0.1, -0.05) is 43.2 Å². The molecular weight excluding hydrogens is 282 g/mol. The molecule has 21 heavy (non-hydrogen) atoms. The second-order valence-corrected chi connectivity index (χ2v) is 6.12. The largest absolute Gasteiger partial charge is 0.382 e. The molecule has 0 atom stereocenters. The first-order valence-electron chi connectivity index (χ1n) is 7.50. The van der Waals surface area contributed by atoms with Gasteiger partial charge in [-0.3, -0.25) is 0 Å². The average molecular weight is 303 g/mol. The Balaban J connectivity index is 1.58. The fourth-order valence-electron chi connectivity index (χ4n) is 2.75. The second-order valence-electron chi connectivity index (χ2n) is 5.34. The Morgan fingerprint density at radius 2 is 2.00 bits per heavy atom. The quantitative estimate of drug-likeness (QED) is 0.798. The summed E-state index contributed by atoms with van der Waals surface area (Å²) in [6.45, 7) is 1.52. The Bertz CT molecular complexity index is 564. The number of rotatable bonds is 6. The Morgan fingerprint density at radius 1 is 1.24 bits per heavy atom. The maximum absolute atomic E-state index is 6.01. The minimum Gasteiger partial charge on any atom is -0.382 e. The number of nitrogens with one attached hydrogen (secondary N) is 1. The molecular formula is C16H21N3OS. The van der Waals surface area contributed by atoms with Gasteiger partial charge in [0.05, 0.1) is 18.3 Å². The zero-order chi connectivity index (χ0) is 14.5. The molecule has 2 aromatic rings. The van der Waals surface area contributed by atoms with Crippen LogP contribution in [0, 0.1) is 0 Å². The molecule has 0 radical (unpaired) electrons. The van der Waals surface area contributed by atoms with Gasteiger partial charge in [0.1, 0.15) is 10.8 Å². The molecule has 1 heterocycles. The van der Waals surface area contributed by atoms with E-state index in [1.807, 2.05) is 18.2 Å². The third-order valence-electron chi connectivity index (χ3n) is 3.82. The molecule has 0 spiro atoms. The molecule has 112 valence electrons. The smallest absolute Gasteiger partial charge is 0.147 e. The number of benzene rings is 1. The van der Waals surface area contributed by atoms with Gasteiger partial charge >= 0.3 is 0 Å². The lowest BCUT2D eigenvalue weighted by molar-refractivity contribution is 0.0659. The van der Waals surface area contributed by atoms with Crippen molar-refractivity contribution in [3.8, 4) is 11.1 Å². The molecule has 5 heteroatoms. The molecule has 3 N–H and O–H groups in total. The molecule has 0 bridgehead atoms. The van der Waals surface area contributed by atoms with E-state index in [0.29, 0.717) is 11.9 Å². The van der Waals surface area contributed by atoms with Gasteiger partial charge in [-0.15, -0.1) is 0 Å². The van der Waals surface area contributed by atoms with E-state index < -0.39 is 0 Å². The maximum atomic E-state index is 6.01. The van der Waals surface area contributed by atoms with Gasteiger partial charge in [-0.2, -0.15) is 4.37 Å². The summed E-state index contributed by atoms with van der Waals surface area (Å²) in [5.41, 5.74) is 8.11. The molecule has 0 saturated heterocycles. The average Bonchev–Trinajstić information content (AvgIpc) is 3.14. The van der Waals surface area contributed by atoms with E-state index in [4.69, 9.17) is 10.5 Å². The number of nitrogens with two attached hydrogens (primary N) is 1. The van der Waals surface area contributed by atoms with E-state index in [2.05, 4.69) is 21.8 Å². The lowest BCUT2D eigenvalue weighted by Gasteiger charge is -2.12. The Kier molecular flexibility index (Phi) is 4.72. The first kappa shape index (κ1) is 14.4. The van der Waals surface area contributed by atoms with Crippen LogP contribution in [0.15, 0.2) is 30.3 Å². The zero-order valence-corrected chi connectivity index (χ0v) is 12.9. The highest BCUT2D eigenvalue weighted by molar-refractivity contribution is 7.11. The summed E-state index contributed by atoms with van der Waals surface area (Å²) in [5, 5.41) is 4.43. The van der Waals surface area contributed by atoms with Gasteiger partial charge in [-0.25, -0.2) is 0 Å². The van der Waals surface area contributed by atoms with Crippen molar-refractivity contribution in [1.82, 2.24) is 4.37 Å². The van der Waals surface area contributed by atoms with Crippen molar-refractivity contribution in [2.24, 2.45) is 0 Å². The van der Waals surface area contributed by atoms with Gasteiger partial charge in [0.2, 0.25) is 0 Å². The van der Waals surface area contributed by atoms with Crippen LogP contribution in [-0.4, -0.2) is 23.6 Å². The number of nitrogens with zero attached hydrogens (tertiary/aromatic N) is 1. The Morgan fingerprint density at radius 3 is 2.76 bits per heavy atom. The highest BCUT2D eigenvalue weighted by Gasteiger charge is 2.16. The summed E-state index contributed by atoms with van der Waals surface area (Å²) >= 11 is 1.41. The van der Waals surface area contributed by atoms with Crippen LogP contribution in [-0.2, 0) is 4.74 Å². The monoisotopic (exact) mass is 303 g/mol. The molecule has 1 fully saturated rings. The van der Waals surface area contributed by atoms with Crippen LogP contribution in [0.1, 0.15) is 25.7 Å². The van der Waals surface area contributed by atoms with E-state index in [0.717, 1.165) is 29.3 Å². The third kappa shape index (κ3) is 3.54. The van der Waals surface area contributed by atoms with Gasteiger partial charge < -0.3 is 15.8 Å². The highest BCUT2D eigenvalue weighted by Crippen LogP contribution is 2.36. The standard InChI is InChI=1S/C16H21N3OS/c17-15-14(12-6-2-1-3-7-12)16(21-19-15)18-10-11-20-13-8-4-5-9-13/h1-3,6-7,13,18H,4-5,8-11H2,(H2,17,19). The molecule has 1 aliphatic carbocycles. The first-order valence-corrected chi connectivity index (χ1v) is 8.28. The van der Waals surface area contributed by atoms with Crippen molar-refractivity contribution in [2.75, 3.05) is 24.2 Å². The topological polar surface area (TPSA) is 60.2 Å². The molecule has 3 rings (SSSR count). The lowest BCUT2D eigenvalue weighted by Crippen LogP contribution is -2.15. The van der Waals surface area contributed by atoms with E-state index in [1.54, 1.807) is 0 Å². The van der Waals surface area contributed by atoms with Gasteiger partial charge in [-0.05, 0) is 29.9 Å². The molecule has 0 unspecified atom stereocenters. The maximum Gasteiger partial charge on any atom is 0.147 e. The second kappa shape index (κ2) is 6.91. The molecule has 0 amide bonds. The minimum absolute atomic E-state index is 0.465. The molecule has 1 saturated carbocycles. The Labute approximate surface area is 129 Å². The zero-order valence-electron chi connectivity index (χ0n) is 12.0. The predicted octanol–water partition coefficient (Wildman–Crippen LogP) is 3.76. The van der Waals surface area contributed by atoms with Crippen LogP contribution in [0.5, 0.6) is 0 Å². The molecule has 1 aliphatic rings. The number of nitrogen functional groups attached to an aromatic ring is 1. The van der Waals surface area contributed by atoms with Crippen molar-refractivity contribution in [3.05, 3.63) is 30.3 Å². The number of ether oxygens (including phenoxy) is 1. The Hall–Kier alpha value is -1.59. The highest BCUT2D eigenvalue weighted by atomic mass is 32.1. The van der Waals surface area contributed by atoms with Crippen LogP contribution in [0.3, 0.4) is 0 Å². The summed E-state index contributed by atoms with van der Waals surface area (Å²) in [4.78, 5) is 0. The van der Waals surface area contributed by atoms with E-state index >= 15 is 0 Å². The third-order valence-corrected chi connectivity index (χ3v) is 4.64. The number of anilines is 2. The van der Waals surface area contributed by atoms with Crippen molar-refractivity contribution in [2.45, 2.75) is 31.8 Å². The van der Waals surface area contributed by atoms with E-state index in [-0.39, 0.29) is 0 Å². The van der Waals surface area contributed by atoms with E-state index in [9.17, 15) is 0 Å². The summed E-state index contributed by atoms with van der Waals surface area (Å²) in [6.07, 6.45) is 5.50. The SMILES string of the molecule is Nc1nsc(NCCOC2CCCC2)c1-c1ccccc1. The van der Waals surface area contributed by atoms with Gasteiger partial charge in [0, 0.05) is 6.54 Å². The van der Waals surface area contributed by atoms with Gasteiger partial charge in [0.15, 0.2) is 0 Å². The molecule has 1 aromatic carbocycles. The van der Waals surface area contributed by atoms with Crippen molar-refractivity contribution >= 4 is 22.4 Å². The van der Waals surface area contributed by atoms with Crippen LogP contribution < -0.4 is 11.1 Å². The van der Waals surface area contributed by atoms with Crippen molar-refractivity contribution < 1.29 is 4.74 Å². The predicted molar refractivity (Wildman–Crippen MR) is 88.7 cm³/mol. The van der Waals surface area contributed by atoms with Crippen LogP contribution in [0.25, 0.3) is 11.1 Å². The van der Waals surface area contributed by atoms with Crippen LogP contribution >= 0.6 is 11.5 Å². The number of hydrogen-bond donors (Lipinski definition) is 2. The van der Waals surface area contributed by atoms with Crippen molar-refractivity contribution in [3.63, 3.8) is 0 Å². The molecule has 1 aromatic heterocycles. The fraction of sp³-hybridized carbons (Fsp3) is 0.438. The minimum atomic E-state index is 0.465. The van der Waals surface area contributed by atoms with E-state index in [1.165, 1.54) is 37.2 Å². The van der Waals surface area contributed by atoms with Crippen LogP contribution in [0.2, 0.25) is 0 Å². The van der Waals surface area contributed by atoms with Crippen molar-refractivity contribution in [1.29, 1.82) is 0 Å².